The summed E-state index contributed by atoms with van der Waals surface area (Å²) in [5, 5.41) is 26.5. The van der Waals surface area contributed by atoms with Crippen molar-refractivity contribution in [3.63, 3.8) is 0 Å². The lowest BCUT2D eigenvalue weighted by Crippen LogP contribution is -2.47. The molecule has 0 bridgehead atoms. The lowest BCUT2D eigenvalue weighted by Gasteiger charge is -2.47. The van der Waals surface area contributed by atoms with Crippen molar-refractivity contribution >= 4 is 45.4 Å². The van der Waals surface area contributed by atoms with Crippen molar-refractivity contribution in [3.05, 3.63) is 190 Å². The van der Waals surface area contributed by atoms with Crippen LogP contribution in [0.1, 0.15) is 75.1 Å². The Morgan fingerprint density at radius 1 is 0.677 bits per heavy atom. The van der Waals surface area contributed by atoms with E-state index in [0.717, 1.165) is 75.4 Å². The zero-order chi connectivity index (χ0) is 42.5. The van der Waals surface area contributed by atoms with Crippen molar-refractivity contribution in [2.75, 3.05) is 9.80 Å². The predicted molar refractivity (Wildman–Crippen MR) is 253 cm³/mol. The monoisotopic (exact) mass is 802 g/mol. The van der Waals surface area contributed by atoms with Gasteiger partial charge in [0.1, 0.15) is 23.8 Å². The Labute approximate surface area is 363 Å². The van der Waals surface area contributed by atoms with Crippen LogP contribution in [0.2, 0.25) is 0 Å². The minimum Gasteiger partial charge on any atom is -0.315 e. The summed E-state index contributed by atoms with van der Waals surface area (Å²) in [6.45, 7) is 9.09. The average Bonchev–Trinajstić information content (AvgIpc) is 3.31. The van der Waals surface area contributed by atoms with E-state index in [0.29, 0.717) is 17.0 Å². The maximum Gasteiger partial charge on any atom is 0.137 e. The normalized spacial score (nSPS) is 18.8. The Morgan fingerprint density at radius 3 is 1.95 bits per heavy atom. The molecule has 7 aromatic rings. The molecule has 0 amide bonds. The van der Waals surface area contributed by atoms with Gasteiger partial charge in [0.25, 0.3) is 0 Å². The first kappa shape index (κ1) is 38.6. The highest BCUT2D eigenvalue weighted by Gasteiger charge is 2.42. The number of rotatable bonds is 8. The number of anilines is 3. The molecule has 0 spiro atoms. The fraction of sp³-hybridized carbons (Fsp3) is 0.179. The van der Waals surface area contributed by atoms with Crippen LogP contribution < -0.4 is 20.2 Å². The number of pyridine rings is 1. The maximum atomic E-state index is 10.9. The molecular weight excluding hydrogens is 757 g/mol. The highest BCUT2D eigenvalue weighted by atomic mass is 15.3. The summed E-state index contributed by atoms with van der Waals surface area (Å²) in [6, 6.07) is 53.3. The fourth-order valence-electron chi connectivity index (χ4n) is 10.2. The molecular formula is C56H46N6. The summed E-state index contributed by atoms with van der Waals surface area (Å²) in [4.78, 5) is 14.6. The third-order valence-electron chi connectivity index (χ3n) is 13.1. The van der Waals surface area contributed by atoms with Crippen LogP contribution in [0.25, 0.3) is 44.3 Å². The van der Waals surface area contributed by atoms with Gasteiger partial charge in [0.15, 0.2) is 0 Å². The second-order valence-electron chi connectivity index (χ2n) is 17.2. The van der Waals surface area contributed by atoms with E-state index in [-0.39, 0.29) is 5.92 Å². The predicted octanol–water partition coefficient (Wildman–Crippen LogP) is 12.0. The number of benzene rings is 6. The fourth-order valence-corrected chi connectivity index (χ4v) is 10.2. The van der Waals surface area contributed by atoms with Crippen LogP contribution in [0.4, 0.5) is 17.2 Å². The summed E-state index contributed by atoms with van der Waals surface area (Å²) in [5.74, 6) is 2.12. The summed E-state index contributed by atoms with van der Waals surface area (Å²) >= 11 is 0. The lowest BCUT2D eigenvalue weighted by atomic mass is 9.73. The lowest BCUT2D eigenvalue weighted by molar-refractivity contribution is 0.471. The second-order valence-corrected chi connectivity index (χ2v) is 17.2. The molecule has 1 aromatic heterocycles. The van der Waals surface area contributed by atoms with Crippen LogP contribution in [0.5, 0.6) is 0 Å². The molecule has 0 saturated heterocycles. The molecule has 10 rings (SSSR count). The molecule has 2 unspecified atom stereocenters. The summed E-state index contributed by atoms with van der Waals surface area (Å²) in [7, 11) is 0. The van der Waals surface area contributed by atoms with Crippen molar-refractivity contribution in [2.24, 2.45) is 10.9 Å². The Morgan fingerprint density at radius 2 is 1.32 bits per heavy atom. The largest absolute Gasteiger partial charge is 0.315 e. The number of nitriles is 2. The van der Waals surface area contributed by atoms with E-state index in [2.05, 4.69) is 135 Å². The van der Waals surface area contributed by atoms with E-state index in [9.17, 15) is 10.5 Å². The van der Waals surface area contributed by atoms with Gasteiger partial charge in [-0.2, -0.15) is 10.5 Å². The Bertz CT molecular complexity index is 3190. The average molecular weight is 803 g/mol. The Balaban J connectivity index is 1.22. The van der Waals surface area contributed by atoms with Gasteiger partial charge in [-0.1, -0.05) is 123 Å². The number of aromatic nitrogens is 1. The summed E-state index contributed by atoms with van der Waals surface area (Å²) < 4.78 is 0. The highest BCUT2D eigenvalue weighted by Crippen LogP contribution is 2.49. The topological polar surface area (TPSA) is 79.3 Å². The third kappa shape index (κ3) is 6.39. The molecule has 3 aliphatic rings. The first-order valence-corrected chi connectivity index (χ1v) is 21.5. The molecule has 6 nitrogen and oxygen atoms in total. The van der Waals surface area contributed by atoms with Gasteiger partial charge in [0, 0.05) is 23.3 Å². The highest BCUT2D eigenvalue weighted by molar-refractivity contribution is 5.98. The molecule has 2 aliphatic carbocycles. The quantitative estimate of drug-likeness (QED) is 0.153. The molecule has 62 heavy (non-hydrogen) atoms. The van der Waals surface area contributed by atoms with E-state index in [1.807, 2.05) is 72.9 Å². The van der Waals surface area contributed by atoms with Gasteiger partial charge in [0.05, 0.1) is 28.0 Å². The SMILES string of the molecule is CC1=c2ccc3c4c(ccc(c24)[C@@](C)(N(C2=CCC(C)C=N2)c2ccc(-c4ccccc4)cc2C#N)C1)C(C)CC=3N(c1ccccn1)c1ccc(-c2ccccc2)cc1C#N. The third-order valence-corrected chi connectivity index (χ3v) is 13.1. The van der Waals surface area contributed by atoms with Crippen molar-refractivity contribution in [1.82, 2.24) is 4.98 Å². The van der Waals surface area contributed by atoms with Gasteiger partial charge in [-0.15, -0.1) is 0 Å². The molecule has 2 heterocycles. The molecule has 3 atom stereocenters. The Hall–Kier alpha value is -7.54. The van der Waals surface area contributed by atoms with E-state index >= 15 is 0 Å². The van der Waals surface area contributed by atoms with Crippen LogP contribution in [-0.4, -0.2) is 11.2 Å². The minimum atomic E-state index is -0.610. The van der Waals surface area contributed by atoms with E-state index in [1.165, 1.54) is 32.7 Å². The zero-order valence-electron chi connectivity index (χ0n) is 35.5. The number of allylic oxidation sites excluding steroid dienone is 1. The first-order valence-electron chi connectivity index (χ1n) is 21.5. The molecule has 1 aliphatic heterocycles. The summed E-state index contributed by atoms with van der Waals surface area (Å²) in [6.07, 6.45) is 8.48. The first-order chi connectivity index (χ1) is 30.3. The van der Waals surface area contributed by atoms with Gasteiger partial charge < -0.3 is 4.90 Å². The van der Waals surface area contributed by atoms with Gasteiger partial charge in [-0.25, -0.2) is 9.98 Å². The van der Waals surface area contributed by atoms with Crippen molar-refractivity contribution < 1.29 is 0 Å². The van der Waals surface area contributed by atoms with E-state index < -0.39 is 5.54 Å². The zero-order valence-corrected chi connectivity index (χ0v) is 35.5. The molecule has 6 heteroatoms. The number of nitrogens with zero attached hydrogens (tertiary/aromatic N) is 6. The molecule has 0 saturated carbocycles. The van der Waals surface area contributed by atoms with Crippen LogP contribution in [0.3, 0.4) is 0 Å². The smallest absolute Gasteiger partial charge is 0.137 e. The Kier molecular flexibility index (Phi) is 9.66. The van der Waals surface area contributed by atoms with Crippen LogP contribution >= 0.6 is 0 Å². The van der Waals surface area contributed by atoms with Gasteiger partial charge >= 0.3 is 0 Å². The van der Waals surface area contributed by atoms with Crippen LogP contribution in [0, 0.1) is 28.6 Å². The molecule has 0 N–H and O–H groups in total. The molecule has 300 valence electrons. The van der Waals surface area contributed by atoms with E-state index in [1.54, 1.807) is 0 Å². The molecule has 0 fully saturated rings. The second kappa shape index (κ2) is 15.5. The van der Waals surface area contributed by atoms with Crippen molar-refractivity contribution in [2.45, 2.75) is 58.4 Å². The van der Waals surface area contributed by atoms with Gasteiger partial charge in [0.2, 0.25) is 0 Å². The number of hydrogen-bond donors (Lipinski definition) is 0. The van der Waals surface area contributed by atoms with Gasteiger partial charge in [-0.05, 0) is 137 Å². The van der Waals surface area contributed by atoms with Gasteiger partial charge in [-0.3, -0.25) is 4.90 Å². The maximum absolute atomic E-state index is 10.9. The standard InChI is InChI=1S/C56H46N6/c1-36-18-27-53(60-35-36)62(50-26-20-42(31-44(50)34-58)40-15-9-6-10-16-40)56(4)32-38(3)46-21-22-47-51(29-37(2)45-23-24-48(56)55(46)54(45)47)61(52-17-11-12-28-59-52)49-25-19-41(30-43(49)33-57)39-13-7-5-8-14-39/h5-17,19-28,30-31,35-37H,18,29,32H2,1-4H3/t36?,37?,56-/m0/s1. The number of aliphatic imine (C=N–C) groups is 1. The minimum absolute atomic E-state index is 0.176. The van der Waals surface area contributed by atoms with Crippen LogP contribution in [-0.2, 0) is 5.54 Å². The summed E-state index contributed by atoms with van der Waals surface area (Å²) in [5.41, 5.74) is 11.3. The van der Waals surface area contributed by atoms with E-state index in [4.69, 9.17) is 9.98 Å². The van der Waals surface area contributed by atoms with Crippen molar-refractivity contribution in [1.29, 1.82) is 10.5 Å². The molecule has 6 aromatic carbocycles. The van der Waals surface area contributed by atoms with Crippen molar-refractivity contribution in [3.8, 4) is 34.4 Å². The van der Waals surface area contributed by atoms with Crippen LogP contribution in [0.15, 0.2) is 163 Å². The number of hydrogen-bond acceptors (Lipinski definition) is 6. The molecule has 0 radical (unpaired) electrons.